The summed E-state index contributed by atoms with van der Waals surface area (Å²) in [6.45, 7) is 5.43. The van der Waals surface area contributed by atoms with E-state index in [9.17, 15) is 0 Å². The molecule has 0 atom stereocenters. The highest BCUT2D eigenvalue weighted by Crippen LogP contribution is 2.28. The Morgan fingerprint density at radius 2 is 2.00 bits per heavy atom. The smallest absolute Gasteiger partial charge is 0.257 e. The number of nitrogens with one attached hydrogen (secondary N) is 2. The number of hydrogen-bond acceptors (Lipinski definition) is 5. The molecular formula is C21H31N5O2. The fraction of sp³-hybridized carbons (Fsp3) is 0.571. The lowest BCUT2D eigenvalue weighted by Crippen LogP contribution is -2.39. The zero-order valence-electron chi connectivity index (χ0n) is 16.9. The van der Waals surface area contributed by atoms with E-state index in [1.807, 2.05) is 19.1 Å². The van der Waals surface area contributed by atoms with Gasteiger partial charge in [0.1, 0.15) is 0 Å². The van der Waals surface area contributed by atoms with Gasteiger partial charge in [-0.1, -0.05) is 24.2 Å². The summed E-state index contributed by atoms with van der Waals surface area (Å²) in [6, 6.07) is 8.24. The molecule has 28 heavy (non-hydrogen) atoms. The van der Waals surface area contributed by atoms with Gasteiger partial charge in [0.05, 0.1) is 0 Å². The van der Waals surface area contributed by atoms with Crippen LogP contribution in [0, 0.1) is 5.92 Å². The van der Waals surface area contributed by atoms with Gasteiger partial charge in [0.2, 0.25) is 0 Å². The Hall–Kier alpha value is -2.41. The van der Waals surface area contributed by atoms with E-state index < -0.39 is 0 Å². The van der Waals surface area contributed by atoms with Crippen LogP contribution in [0.4, 0.5) is 0 Å². The normalized spacial score (nSPS) is 14.3. The average Bonchev–Trinajstić information content (AvgIpc) is 3.43. The Labute approximate surface area is 167 Å². The number of benzene rings is 1. The highest BCUT2D eigenvalue weighted by atomic mass is 16.5. The lowest BCUT2D eigenvalue weighted by molar-refractivity contribution is 0.123. The number of aromatic nitrogens is 2. The molecule has 0 spiro atoms. The van der Waals surface area contributed by atoms with Crippen molar-refractivity contribution in [2.75, 3.05) is 33.4 Å². The maximum Gasteiger partial charge on any atom is 0.257 e. The van der Waals surface area contributed by atoms with E-state index in [0.717, 1.165) is 68.8 Å². The Morgan fingerprint density at radius 3 is 2.68 bits per heavy atom. The molecule has 1 heterocycles. The van der Waals surface area contributed by atoms with Crippen molar-refractivity contribution in [1.82, 2.24) is 20.8 Å². The molecule has 1 aliphatic rings. The average molecular weight is 386 g/mol. The van der Waals surface area contributed by atoms with Gasteiger partial charge in [0.25, 0.3) is 5.89 Å². The molecule has 1 aromatic carbocycles. The summed E-state index contributed by atoms with van der Waals surface area (Å²) in [4.78, 5) is 8.63. The van der Waals surface area contributed by atoms with Gasteiger partial charge in [0, 0.05) is 45.3 Å². The SMILES string of the molecule is CCc1noc(-c2ccc(CCNC(=NC)NCCCOCC3CC3)cc2)n1. The molecule has 3 rings (SSSR count). The third-order valence-corrected chi connectivity index (χ3v) is 4.72. The van der Waals surface area contributed by atoms with E-state index in [2.05, 4.69) is 37.9 Å². The molecule has 0 unspecified atom stereocenters. The lowest BCUT2D eigenvalue weighted by atomic mass is 10.1. The summed E-state index contributed by atoms with van der Waals surface area (Å²) >= 11 is 0. The summed E-state index contributed by atoms with van der Waals surface area (Å²) in [5.74, 6) is 2.97. The first kappa shape index (κ1) is 20.3. The summed E-state index contributed by atoms with van der Waals surface area (Å²) in [7, 11) is 1.79. The summed E-state index contributed by atoms with van der Waals surface area (Å²) in [5, 5.41) is 10.6. The minimum Gasteiger partial charge on any atom is -0.381 e. The Balaban J connectivity index is 1.32. The molecule has 0 aliphatic heterocycles. The zero-order chi connectivity index (χ0) is 19.6. The number of hydrogen-bond donors (Lipinski definition) is 2. The Morgan fingerprint density at radius 1 is 1.21 bits per heavy atom. The largest absolute Gasteiger partial charge is 0.381 e. The van der Waals surface area contributed by atoms with Crippen molar-refractivity contribution in [3.05, 3.63) is 35.7 Å². The molecule has 0 saturated heterocycles. The van der Waals surface area contributed by atoms with E-state index in [4.69, 9.17) is 9.26 Å². The van der Waals surface area contributed by atoms with Crippen molar-refractivity contribution in [3.63, 3.8) is 0 Å². The minimum absolute atomic E-state index is 0.576. The third kappa shape index (κ3) is 6.64. The molecule has 0 amide bonds. The standard InChI is InChI=1S/C21H31N5O2/c1-3-19-25-20(28-26-19)18-9-7-16(8-10-18)11-13-24-21(22-2)23-12-4-14-27-15-17-5-6-17/h7-10,17H,3-6,11-15H2,1-2H3,(H2,22,23,24). The van der Waals surface area contributed by atoms with Crippen LogP contribution in [0.1, 0.15) is 37.6 Å². The predicted molar refractivity (Wildman–Crippen MR) is 110 cm³/mol. The van der Waals surface area contributed by atoms with Crippen LogP contribution in [-0.4, -0.2) is 49.5 Å². The van der Waals surface area contributed by atoms with Gasteiger partial charge in [-0.25, -0.2) is 0 Å². The second-order valence-electron chi connectivity index (χ2n) is 7.11. The van der Waals surface area contributed by atoms with E-state index >= 15 is 0 Å². The van der Waals surface area contributed by atoms with Crippen LogP contribution >= 0.6 is 0 Å². The molecule has 1 fully saturated rings. The molecule has 1 aliphatic carbocycles. The van der Waals surface area contributed by atoms with Crippen molar-refractivity contribution in [2.24, 2.45) is 10.9 Å². The molecule has 1 saturated carbocycles. The van der Waals surface area contributed by atoms with Gasteiger partial charge in [-0.15, -0.1) is 0 Å². The van der Waals surface area contributed by atoms with Gasteiger partial charge in [-0.3, -0.25) is 4.99 Å². The molecule has 152 valence electrons. The van der Waals surface area contributed by atoms with Crippen LogP contribution in [0.2, 0.25) is 0 Å². The number of aliphatic imine (C=N–C) groups is 1. The Kier molecular flexibility index (Phi) is 7.84. The molecule has 2 N–H and O–H groups in total. The first-order valence-corrected chi connectivity index (χ1v) is 10.2. The third-order valence-electron chi connectivity index (χ3n) is 4.72. The van der Waals surface area contributed by atoms with Crippen LogP contribution < -0.4 is 10.6 Å². The van der Waals surface area contributed by atoms with Crippen molar-refractivity contribution < 1.29 is 9.26 Å². The molecule has 0 radical (unpaired) electrons. The fourth-order valence-corrected chi connectivity index (χ4v) is 2.79. The second kappa shape index (κ2) is 10.8. The van der Waals surface area contributed by atoms with Gasteiger partial charge in [0.15, 0.2) is 11.8 Å². The monoisotopic (exact) mass is 385 g/mol. The quantitative estimate of drug-likeness (QED) is 0.351. The van der Waals surface area contributed by atoms with Gasteiger partial charge >= 0.3 is 0 Å². The van der Waals surface area contributed by atoms with Crippen molar-refractivity contribution >= 4 is 5.96 Å². The molecule has 0 bridgehead atoms. The van der Waals surface area contributed by atoms with E-state index in [0.29, 0.717) is 5.89 Å². The summed E-state index contributed by atoms with van der Waals surface area (Å²) in [5.41, 5.74) is 2.20. The van der Waals surface area contributed by atoms with E-state index in [1.54, 1.807) is 7.05 Å². The molecule has 2 aromatic rings. The van der Waals surface area contributed by atoms with Crippen LogP contribution in [0.25, 0.3) is 11.5 Å². The molecule has 1 aromatic heterocycles. The van der Waals surface area contributed by atoms with Crippen LogP contribution in [0.3, 0.4) is 0 Å². The van der Waals surface area contributed by atoms with E-state index in [1.165, 1.54) is 18.4 Å². The first-order valence-electron chi connectivity index (χ1n) is 10.2. The van der Waals surface area contributed by atoms with Crippen LogP contribution in [0.5, 0.6) is 0 Å². The van der Waals surface area contributed by atoms with Crippen molar-refractivity contribution in [2.45, 2.75) is 39.0 Å². The van der Waals surface area contributed by atoms with Crippen LogP contribution in [0.15, 0.2) is 33.8 Å². The molecular weight excluding hydrogens is 354 g/mol. The summed E-state index contributed by atoms with van der Waals surface area (Å²) in [6.07, 6.45) is 5.36. The van der Waals surface area contributed by atoms with Gasteiger partial charge < -0.3 is 19.9 Å². The number of guanidine groups is 1. The van der Waals surface area contributed by atoms with Crippen molar-refractivity contribution in [3.8, 4) is 11.5 Å². The van der Waals surface area contributed by atoms with Crippen molar-refractivity contribution in [1.29, 1.82) is 0 Å². The number of ether oxygens (including phenoxy) is 1. The van der Waals surface area contributed by atoms with Crippen LogP contribution in [-0.2, 0) is 17.6 Å². The maximum absolute atomic E-state index is 5.65. The topological polar surface area (TPSA) is 84.6 Å². The minimum atomic E-state index is 0.576. The zero-order valence-corrected chi connectivity index (χ0v) is 16.9. The number of aryl methyl sites for hydroxylation is 1. The first-order chi connectivity index (χ1) is 13.8. The van der Waals surface area contributed by atoms with E-state index in [-0.39, 0.29) is 0 Å². The number of rotatable bonds is 11. The Bertz CT molecular complexity index is 738. The molecule has 7 heteroatoms. The lowest BCUT2D eigenvalue weighted by Gasteiger charge is -2.12. The van der Waals surface area contributed by atoms with Gasteiger partial charge in [-0.2, -0.15) is 4.98 Å². The molecule has 7 nitrogen and oxygen atoms in total. The second-order valence-corrected chi connectivity index (χ2v) is 7.11. The fourth-order valence-electron chi connectivity index (χ4n) is 2.79. The highest BCUT2D eigenvalue weighted by Gasteiger charge is 2.20. The highest BCUT2D eigenvalue weighted by molar-refractivity contribution is 5.79. The maximum atomic E-state index is 5.65. The summed E-state index contributed by atoms with van der Waals surface area (Å²) < 4.78 is 10.9. The van der Waals surface area contributed by atoms with Gasteiger partial charge in [-0.05, 0) is 49.3 Å². The number of nitrogens with zero attached hydrogens (tertiary/aromatic N) is 3. The predicted octanol–water partition coefficient (Wildman–Crippen LogP) is 2.82.